The van der Waals surface area contributed by atoms with Gasteiger partial charge in [-0.05, 0) is 35.9 Å². The van der Waals surface area contributed by atoms with Gasteiger partial charge in [0.15, 0.2) is 9.84 Å². The van der Waals surface area contributed by atoms with Crippen molar-refractivity contribution in [2.45, 2.75) is 17.3 Å². The van der Waals surface area contributed by atoms with Crippen LogP contribution in [0.4, 0.5) is 20.2 Å². The quantitative estimate of drug-likeness (QED) is 0.391. The number of nitro benzene ring substituents is 1. The predicted molar refractivity (Wildman–Crippen MR) is 111 cm³/mol. The summed E-state index contributed by atoms with van der Waals surface area (Å²) < 4.78 is 54.3. The molecule has 0 fully saturated rings. The molecule has 3 rings (SSSR count). The highest BCUT2D eigenvalue weighted by Crippen LogP contribution is 2.23. The second-order valence-electron chi connectivity index (χ2n) is 6.57. The van der Waals surface area contributed by atoms with E-state index < -0.39 is 33.0 Å². The Balaban J connectivity index is 1.77. The highest BCUT2D eigenvalue weighted by Gasteiger charge is 2.19. The summed E-state index contributed by atoms with van der Waals surface area (Å²) >= 11 is 0. The molecule has 0 heterocycles. The smallest absolute Gasteiger partial charge is 0.387 e. The van der Waals surface area contributed by atoms with Gasteiger partial charge in [0.25, 0.3) is 11.6 Å². The van der Waals surface area contributed by atoms with E-state index in [2.05, 4.69) is 10.1 Å². The van der Waals surface area contributed by atoms with Crippen LogP contribution in [-0.2, 0) is 15.6 Å². The van der Waals surface area contributed by atoms with E-state index in [1.54, 1.807) is 0 Å². The number of nitro groups is 1. The summed E-state index contributed by atoms with van der Waals surface area (Å²) in [6.45, 7) is -3.01. The van der Waals surface area contributed by atoms with E-state index in [-0.39, 0.29) is 27.6 Å². The third-order valence-corrected chi connectivity index (χ3v) is 5.94. The SMILES string of the molecule is O=C(Nc1cccc(OC(F)F)c1)c1cccc(CS(=O)(=O)c2cccc([N+](=O)[O-])c2)c1. The number of halogens is 2. The third kappa shape index (κ3) is 5.85. The van der Waals surface area contributed by atoms with Crippen molar-refractivity contribution in [3.8, 4) is 5.75 Å². The number of ether oxygens (including phenoxy) is 1. The molecule has 1 N–H and O–H groups in total. The summed E-state index contributed by atoms with van der Waals surface area (Å²) in [5.41, 5.74) is 0.288. The molecule has 0 spiro atoms. The van der Waals surface area contributed by atoms with Crippen molar-refractivity contribution in [3.63, 3.8) is 0 Å². The molecule has 0 saturated heterocycles. The third-order valence-electron chi connectivity index (χ3n) is 4.25. The number of hydrogen-bond acceptors (Lipinski definition) is 6. The van der Waals surface area contributed by atoms with Gasteiger partial charge in [-0.15, -0.1) is 0 Å². The second-order valence-corrected chi connectivity index (χ2v) is 8.56. The van der Waals surface area contributed by atoms with Crippen LogP contribution in [0.15, 0.2) is 77.7 Å². The van der Waals surface area contributed by atoms with Crippen LogP contribution in [-0.4, -0.2) is 25.9 Å². The maximum absolute atomic E-state index is 12.7. The zero-order valence-corrected chi connectivity index (χ0v) is 17.1. The Labute approximate surface area is 181 Å². The number of hydrogen-bond donors (Lipinski definition) is 1. The molecule has 11 heteroatoms. The number of nitrogens with one attached hydrogen (secondary N) is 1. The first-order valence-electron chi connectivity index (χ1n) is 9.06. The Hall–Kier alpha value is -3.86. The Morgan fingerprint density at radius 3 is 2.47 bits per heavy atom. The lowest BCUT2D eigenvalue weighted by Crippen LogP contribution is -2.13. The summed E-state index contributed by atoms with van der Waals surface area (Å²) in [5.74, 6) is -1.20. The van der Waals surface area contributed by atoms with Crippen molar-refractivity contribution in [2.24, 2.45) is 0 Å². The fourth-order valence-corrected chi connectivity index (χ4v) is 4.22. The van der Waals surface area contributed by atoms with Crippen LogP contribution in [0.25, 0.3) is 0 Å². The van der Waals surface area contributed by atoms with Gasteiger partial charge in [-0.25, -0.2) is 8.42 Å². The van der Waals surface area contributed by atoms with Gasteiger partial charge >= 0.3 is 6.61 Å². The van der Waals surface area contributed by atoms with Gasteiger partial charge in [0, 0.05) is 29.4 Å². The van der Waals surface area contributed by atoms with E-state index in [0.29, 0.717) is 5.56 Å². The number of carbonyl (C=O) groups excluding carboxylic acids is 1. The molecular weight excluding hydrogens is 446 g/mol. The number of alkyl halides is 2. The van der Waals surface area contributed by atoms with Crippen LogP contribution in [0.5, 0.6) is 5.75 Å². The van der Waals surface area contributed by atoms with Gasteiger partial charge < -0.3 is 10.1 Å². The number of sulfone groups is 1. The van der Waals surface area contributed by atoms with E-state index in [4.69, 9.17) is 0 Å². The summed E-state index contributed by atoms with van der Waals surface area (Å²) in [4.78, 5) is 22.5. The minimum Gasteiger partial charge on any atom is -0.435 e. The van der Waals surface area contributed by atoms with Crippen molar-refractivity contribution in [2.75, 3.05) is 5.32 Å². The number of amides is 1. The Morgan fingerprint density at radius 2 is 1.75 bits per heavy atom. The zero-order chi connectivity index (χ0) is 23.3. The van der Waals surface area contributed by atoms with Crippen molar-refractivity contribution >= 4 is 27.1 Å². The molecular formula is C21H16F2N2O6S. The summed E-state index contributed by atoms with van der Waals surface area (Å²) in [6, 6.07) is 15.9. The van der Waals surface area contributed by atoms with Gasteiger partial charge in [0.05, 0.1) is 15.6 Å². The average Bonchev–Trinajstić information content (AvgIpc) is 2.73. The fraction of sp³-hybridized carbons (Fsp3) is 0.0952. The number of anilines is 1. The zero-order valence-electron chi connectivity index (χ0n) is 16.3. The molecule has 3 aromatic carbocycles. The van der Waals surface area contributed by atoms with Crippen LogP contribution in [0, 0.1) is 10.1 Å². The standard InChI is InChI=1S/C21H16F2N2O6S/c22-21(23)31-18-8-2-6-16(11-18)24-20(26)15-5-1-4-14(10-15)13-32(29,30)19-9-3-7-17(12-19)25(27)28/h1-12,21H,13H2,(H,24,26). The lowest BCUT2D eigenvalue weighted by Gasteiger charge is -2.10. The molecule has 0 radical (unpaired) electrons. The minimum absolute atomic E-state index is 0.130. The van der Waals surface area contributed by atoms with Crippen LogP contribution in [0.1, 0.15) is 15.9 Å². The minimum atomic E-state index is -3.91. The fourth-order valence-electron chi connectivity index (χ4n) is 2.85. The molecule has 166 valence electrons. The molecule has 0 bridgehead atoms. The molecule has 0 aliphatic rings. The molecule has 3 aromatic rings. The molecule has 0 aliphatic carbocycles. The summed E-state index contributed by atoms with van der Waals surface area (Å²) in [5, 5.41) is 13.4. The molecule has 0 aromatic heterocycles. The Morgan fingerprint density at radius 1 is 1.03 bits per heavy atom. The Bertz CT molecular complexity index is 1260. The van der Waals surface area contributed by atoms with Crippen molar-refractivity contribution < 1.29 is 31.7 Å². The average molecular weight is 462 g/mol. The second kappa shape index (κ2) is 9.52. The van der Waals surface area contributed by atoms with E-state index >= 15 is 0 Å². The number of non-ortho nitro benzene ring substituents is 1. The highest BCUT2D eigenvalue weighted by atomic mass is 32.2. The van der Waals surface area contributed by atoms with Crippen LogP contribution in [0.2, 0.25) is 0 Å². The maximum atomic E-state index is 12.7. The van der Waals surface area contributed by atoms with Gasteiger partial charge in [-0.1, -0.05) is 24.3 Å². The number of carbonyl (C=O) groups is 1. The highest BCUT2D eigenvalue weighted by molar-refractivity contribution is 7.90. The number of rotatable bonds is 8. The maximum Gasteiger partial charge on any atom is 0.387 e. The lowest BCUT2D eigenvalue weighted by molar-refractivity contribution is -0.385. The largest absolute Gasteiger partial charge is 0.435 e. The van der Waals surface area contributed by atoms with E-state index in [9.17, 15) is 32.1 Å². The molecule has 0 unspecified atom stereocenters. The molecule has 0 atom stereocenters. The van der Waals surface area contributed by atoms with Gasteiger partial charge in [0.2, 0.25) is 0 Å². The Kier molecular flexibility index (Phi) is 6.79. The normalized spacial score (nSPS) is 11.2. The summed E-state index contributed by atoms with van der Waals surface area (Å²) in [6.07, 6.45) is 0. The summed E-state index contributed by atoms with van der Waals surface area (Å²) in [7, 11) is -3.91. The van der Waals surface area contributed by atoms with E-state index in [1.807, 2.05) is 0 Å². The van der Waals surface area contributed by atoms with E-state index in [1.165, 1.54) is 66.7 Å². The molecule has 0 aliphatic heterocycles. The number of nitrogens with zero attached hydrogens (tertiary/aromatic N) is 1. The van der Waals surface area contributed by atoms with Gasteiger partial charge in [-0.3, -0.25) is 14.9 Å². The topological polar surface area (TPSA) is 116 Å². The van der Waals surface area contributed by atoms with Crippen molar-refractivity contribution in [1.82, 2.24) is 0 Å². The van der Waals surface area contributed by atoms with Crippen molar-refractivity contribution in [1.29, 1.82) is 0 Å². The van der Waals surface area contributed by atoms with Gasteiger partial charge in [-0.2, -0.15) is 8.78 Å². The van der Waals surface area contributed by atoms with Crippen molar-refractivity contribution in [3.05, 3.63) is 94.0 Å². The molecule has 32 heavy (non-hydrogen) atoms. The first kappa shape index (κ1) is 22.8. The van der Waals surface area contributed by atoms with Crippen LogP contribution < -0.4 is 10.1 Å². The van der Waals surface area contributed by atoms with Crippen LogP contribution in [0.3, 0.4) is 0 Å². The molecule has 8 nitrogen and oxygen atoms in total. The lowest BCUT2D eigenvalue weighted by atomic mass is 10.1. The van der Waals surface area contributed by atoms with Gasteiger partial charge in [0.1, 0.15) is 5.75 Å². The van der Waals surface area contributed by atoms with Crippen LogP contribution >= 0.6 is 0 Å². The monoisotopic (exact) mass is 462 g/mol. The first-order chi connectivity index (χ1) is 15.1. The number of benzene rings is 3. The van der Waals surface area contributed by atoms with E-state index in [0.717, 1.165) is 6.07 Å². The molecule has 0 saturated carbocycles. The predicted octanol–water partition coefficient (Wildman–Crippen LogP) is 4.42. The first-order valence-corrected chi connectivity index (χ1v) is 10.7. The molecule has 1 amide bonds.